The van der Waals surface area contributed by atoms with Gasteiger partial charge in [-0.05, 0) is 29.0 Å². The maximum Gasteiger partial charge on any atom is 0.338 e. The van der Waals surface area contributed by atoms with E-state index in [0.717, 1.165) is 10.3 Å². The SMILES string of the molecule is O=C(O)c1cnccc1Sc1ccc2ccccc2c1. The van der Waals surface area contributed by atoms with E-state index in [1.54, 1.807) is 12.3 Å². The van der Waals surface area contributed by atoms with Crippen LogP contribution in [0.2, 0.25) is 0 Å². The first-order valence-electron chi connectivity index (χ1n) is 6.08. The van der Waals surface area contributed by atoms with Crippen LogP contribution in [0.25, 0.3) is 10.8 Å². The van der Waals surface area contributed by atoms with E-state index >= 15 is 0 Å². The summed E-state index contributed by atoms with van der Waals surface area (Å²) in [6.07, 6.45) is 2.99. The largest absolute Gasteiger partial charge is 0.478 e. The van der Waals surface area contributed by atoms with Gasteiger partial charge in [-0.25, -0.2) is 4.79 Å². The molecule has 2 aromatic carbocycles. The van der Waals surface area contributed by atoms with Gasteiger partial charge >= 0.3 is 5.97 Å². The van der Waals surface area contributed by atoms with Crippen molar-refractivity contribution in [3.8, 4) is 0 Å². The zero-order chi connectivity index (χ0) is 13.9. The normalized spacial score (nSPS) is 10.6. The summed E-state index contributed by atoms with van der Waals surface area (Å²) in [5.74, 6) is -0.957. The minimum Gasteiger partial charge on any atom is -0.478 e. The third kappa shape index (κ3) is 2.51. The first-order chi connectivity index (χ1) is 9.74. The minimum absolute atomic E-state index is 0.227. The molecule has 0 aliphatic heterocycles. The van der Waals surface area contributed by atoms with Gasteiger partial charge in [-0.3, -0.25) is 4.98 Å². The van der Waals surface area contributed by atoms with Crippen molar-refractivity contribution in [2.45, 2.75) is 9.79 Å². The van der Waals surface area contributed by atoms with Crippen molar-refractivity contribution in [3.05, 3.63) is 66.5 Å². The van der Waals surface area contributed by atoms with Crippen LogP contribution in [0.3, 0.4) is 0 Å². The molecule has 0 atom stereocenters. The van der Waals surface area contributed by atoms with Crippen molar-refractivity contribution < 1.29 is 9.90 Å². The highest BCUT2D eigenvalue weighted by atomic mass is 32.2. The third-order valence-corrected chi connectivity index (χ3v) is 4.03. The number of rotatable bonds is 3. The molecule has 0 bridgehead atoms. The van der Waals surface area contributed by atoms with E-state index in [-0.39, 0.29) is 5.56 Å². The molecule has 3 aromatic rings. The Morgan fingerprint density at radius 1 is 1.05 bits per heavy atom. The number of aromatic nitrogens is 1. The predicted molar refractivity (Wildman–Crippen MR) is 79.3 cm³/mol. The van der Waals surface area contributed by atoms with Crippen molar-refractivity contribution in [2.24, 2.45) is 0 Å². The van der Waals surface area contributed by atoms with Crippen molar-refractivity contribution in [1.29, 1.82) is 0 Å². The lowest BCUT2D eigenvalue weighted by atomic mass is 10.1. The molecular weight excluding hydrogens is 270 g/mol. The number of nitrogens with zero attached hydrogens (tertiary/aromatic N) is 1. The first kappa shape index (κ1) is 12.7. The second-order valence-electron chi connectivity index (χ2n) is 4.29. The van der Waals surface area contributed by atoms with E-state index < -0.39 is 5.97 Å². The van der Waals surface area contributed by atoms with E-state index in [1.807, 2.05) is 30.3 Å². The Kier molecular flexibility index (Phi) is 3.39. The molecule has 1 heterocycles. The van der Waals surface area contributed by atoms with Gasteiger partial charge in [0.05, 0.1) is 5.56 Å². The standard InChI is InChI=1S/C16H11NO2S/c18-16(19)14-10-17-8-7-15(14)20-13-6-5-11-3-1-2-4-12(11)9-13/h1-10H,(H,18,19). The van der Waals surface area contributed by atoms with E-state index in [4.69, 9.17) is 5.11 Å². The van der Waals surface area contributed by atoms with Gasteiger partial charge in [0.2, 0.25) is 0 Å². The summed E-state index contributed by atoms with van der Waals surface area (Å²) < 4.78 is 0. The summed E-state index contributed by atoms with van der Waals surface area (Å²) in [5, 5.41) is 11.5. The molecule has 0 aliphatic rings. The van der Waals surface area contributed by atoms with E-state index in [0.29, 0.717) is 4.90 Å². The lowest BCUT2D eigenvalue weighted by molar-refractivity contribution is 0.0692. The van der Waals surface area contributed by atoms with Crippen LogP contribution < -0.4 is 0 Å². The number of carbonyl (C=O) groups is 1. The lowest BCUT2D eigenvalue weighted by Crippen LogP contribution is -1.99. The van der Waals surface area contributed by atoms with Gasteiger partial charge in [0.15, 0.2) is 0 Å². The molecule has 3 rings (SSSR count). The molecule has 0 radical (unpaired) electrons. The van der Waals surface area contributed by atoms with E-state index in [2.05, 4.69) is 17.1 Å². The number of aromatic carboxylic acids is 1. The van der Waals surface area contributed by atoms with Gasteiger partial charge in [-0.2, -0.15) is 0 Å². The Balaban J connectivity index is 1.99. The molecule has 1 aromatic heterocycles. The van der Waals surface area contributed by atoms with Crippen LogP contribution in [-0.4, -0.2) is 16.1 Å². The fourth-order valence-electron chi connectivity index (χ4n) is 1.99. The molecule has 0 amide bonds. The molecule has 1 N–H and O–H groups in total. The molecule has 0 fully saturated rings. The van der Waals surface area contributed by atoms with Crippen LogP contribution in [0.15, 0.2) is 70.7 Å². The van der Waals surface area contributed by atoms with Gasteiger partial charge in [0, 0.05) is 22.2 Å². The third-order valence-electron chi connectivity index (χ3n) is 2.96. The van der Waals surface area contributed by atoms with Crippen molar-refractivity contribution in [2.75, 3.05) is 0 Å². The molecule has 0 spiro atoms. The molecule has 0 aliphatic carbocycles. The van der Waals surface area contributed by atoms with Gasteiger partial charge in [0.25, 0.3) is 0 Å². The highest BCUT2D eigenvalue weighted by Gasteiger charge is 2.11. The molecular formula is C16H11NO2S. The average Bonchev–Trinajstić information content (AvgIpc) is 2.47. The van der Waals surface area contributed by atoms with Gasteiger partial charge < -0.3 is 5.11 Å². The smallest absolute Gasteiger partial charge is 0.338 e. The van der Waals surface area contributed by atoms with Crippen LogP contribution in [-0.2, 0) is 0 Å². The monoisotopic (exact) mass is 281 g/mol. The molecule has 20 heavy (non-hydrogen) atoms. The summed E-state index contributed by atoms with van der Waals surface area (Å²) in [6, 6.07) is 15.9. The molecule has 0 saturated heterocycles. The zero-order valence-corrected chi connectivity index (χ0v) is 11.3. The first-order valence-corrected chi connectivity index (χ1v) is 6.89. The average molecular weight is 281 g/mol. The Hall–Kier alpha value is -2.33. The van der Waals surface area contributed by atoms with Crippen LogP contribution >= 0.6 is 11.8 Å². The van der Waals surface area contributed by atoms with Gasteiger partial charge in [-0.1, -0.05) is 42.1 Å². The van der Waals surface area contributed by atoms with Crippen LogP contribution in [0, 0.1) is 0 Å². The topological polar surface area (TPSA) is 50.2 Å². The molecule has 3 nitrogen and oxygen atoms in total. The van der Waals surface area contributed by atoms with Gasteiger partial charge in [0.1, 0.15) is 0 Å². The second kappa shape index (κ2) is 5.35. The zero-order valence-electron chi connectivity index (χ0n) is 10.5. The number of hydrogen-bond donors (Lipinski definition) is 1. The fraction of sp³-hybridized carbons (Fsp3) is 0. The Labute approximate surface area is 120 Å². The second-order valence-corrected chi connectivity index (χ2v) is 5.40. The minimum atomic E-state index is -0.957. The summed E-state index contributed by atoms with van der Waals surface area (Å²) in [6.45, 7) is 0. The van der Waals surface area contributed by atoms with Crippen LogP contribution in [0.5, 0.6) is 0 Å². The number of carboxylic acid groups (broad SMARTS) is 1. The number of carboxylic acids is 1. The van der Waals surface area contributed by atoms with Crippen LogP contribution in [0.1, 0.15) is 10.4 Å². The predicted octanol–water partition coefficient (Wildman–Crippen LogP) is 4.08. The molecule has 0 saturated carbocycles. The number of pyridine rings is 1. The number of hydrogen-bond acceptors (Lipinski definition) is 3. The maximum absolute atomic E-state index is 11.2. The van der Waals surface area contributed by atoms with Crippen LogP contribution in [0.4, 0.5) is 0 Å². The Morgan fingerprint density at radius 2 is 1.85 bits per heavy atom. The summed E-state index contributed by atoms with van der Waals surface area (Å²) in [5.41, 5.74) is 0.227. The van der Waals surface area contributed by atoms with Crippen molar-refractivity contribution in [3.63, 3.8) is 0 Å². The number of fused-ring (bicyclic) bond motifs is 1. The van der Waals surface area contributed by atoms with Crippen molar-refractivity contribution in [1.82, 2.24) is 4.98 Å². The highest BCUT2D eigenvalue weighted by Crippen LogP contribution is 2.31. The van der Waals surface area contributed by atoms with E-state index in [1.165, 1.54) is 23.3 Å². The maximum atomic E-state index is 11.2. The summed E-state index contributed by atoms with van der Waals surface area (Å²) in [4.78, 5) is 16.7. The van der Waals surface area contributed by atoms with Crippen molar-refractivity contribution >= 4 is 28.5 Å². The fourth-order valence-corrected chi connectivity index (χ4v) is 2.94. The molecule has 98 valence electrons. The summed E-state index contributed by atoms with van der Waals surface area (Å²) in [7, 11) is 0. The lowest BCUT2D eigenvalue weighted by Gasteiger charge is -2.06. The highest BCUT2D eigenvalue weighted by molar-refractivity contribution is 7.99. The Morgan fingerprint density at radius 3 is 2.65 bits per heavy atom. The Bertz CT molecular complexity index is 786. The quantitative estimate of drug-likeness (QED) is 0.785. The summed E-state index contributed by atoms with van der Waals surface area (Å²) >= 11 is 1.44. The number of benzene rings is 2. The van der Waals surface area contributed by atoms with E-state index in [9.17, 15) is 4.79 Å². The molecule has 4 heteroatoms. The van der Waals surface area contributed by atoms with Gasteiger partial charge in [-0.15, -0.1) is 0 Å². The molecule has 0 unspecified atom stereocenters.